The van der Waals surface area contributed by atoms with Gasteiger partial charge >= 0.3 is 0 Å². The van der Waals surface area contributed by atoms with Crippen molar-refractivity contribution in [3.63, 3.8) is 0 Å². The van der Waals surface area contributed by atoms with Crippen LogP contribution in [0.4, 0.5) is 0 Å². The molecule has 108 valence electrons. The minimum Gasteiger partial charge on any atom is -0.451 e. The summed E-state index contributed by atoms with van der Waals surface area (Å²) in [5.74, 6) is 0.0202. The van der Waals surface area contributed by atoms with Crippen LogP contribution < -0.4 is 5.32 Å². The van der Waals surface area contributed by atoms with Gasteiger partial charge in [0.25, 0.3) is 5.91 Å². The van der Waals surface area contributed by atoms with Crippen LogP contribution in [0.3, 0.4) is 0 Å². The molecule has 0 saturated heterocycles. The molecule has 2 aromatic rings. The van der Waals surface area contributed by atoms with E-state index in [0.717, 1.165) is 21.8 Å². The molecule has 0 fully saturated rings. The number of halogens is 1. The first-order valence-corrected chi connectivity index (χ1v) is 7.47. The average Bonchev–Trinajstić information content (AvgIpc) is 2.74. The number of fused-ring (bicyclic) bond motifs is 1. The fourth-order valence-corrected chi connectivity index (χ4v) is 2.50. The second kappa shape index (κ2) is 6.41. The number of hydrogen-bond donors (Lipinski definition) is 2. The van der Waals surface area contributed by atoms with Gasteiger partial charge in [0.1, 0.15) is 5.58 Å². The molecule has 0 bridgehead atoms. The number of rotatable bonds is 5. The van der Waals surface area contributed by atoms with E-state index in [1.54, 1.807) is 0 Å². The Morgan fingerprint density at radius 3 is 2.95 bits per heavy atom. The minimum atomic E-state index is -0.511. The summed E-state index contributed by atoms with van der Waals surface area (Å²) in [7, 11) is 0. The first-order chi connectivity index (χ1) is 9.52. The maximum Gasteiger partial charge on any atom is 0.287 e. The molecule has 4 nitrogen and oxygen atoms in total. The zero-order chi connectivity index (χ0) is 14.7. The molecule has 0 aliphatic rings. The summed E-state index contributed by atoms with van der Waals surface area (Å²) in [5, 5.41) is 13.3. The third-order valence-electron chi connectivity index (χ3n) is 3.22. The number of aliphatic hydroxyl groups excluding tert-OH is 1. The van der Waals surface area contributed by atoms with Crippen molar-refractivity contribution in [3.05, 3.63) is 34.0 Å². The van der Waals surface area contributed by atoms with Crippen molar-refractivity contribution in [1.82, 2.24) is 5.32 Å². The topological polar surface area (TPSA) is 62.5 Å². The summed E-state index contributed by atoms with van der Waals surface area (Å²) in [4.78, 5) is 12.1. The normalized spacial score (nSPS) is 12.6. The van der Waals surface area contributed by atoms with Gasteiger partial charge in [0, 0.05) is 22.0 Å². The molecule has 0 aliphatic heterocycles. The lowest BCUT2D eigenvalue weighted by atomic mass is 10.1. The predicted molar refractivity (Wildman–Crippen MR) is 81.9 cm³/mol. The standard InChI is InChI=1S/C15H18BrNO3/c1-3-4-11(18)8-17-15(19)14-9(2)12-7-10(16)5-6-13(12)20-14/h5-7,11,18H,3-4,8H2,1-2H3,(H,17,19). The molecule has 1 aromatic heterocycles. The molecule has 1 amide bonds. The Balaban J connectivity index is 2.16. The zero-order valence-electron chi connectivity index (χ0n) is 11.6. The van der Waals surface area contributed by atoms with Gasteiger partial charge in [0.05, 0.1) is 6.10 Å². The number of aliphatic hydroxyl groups is 1. The van der Waals surface area contributed by atoms with E-state index in [4.69, 9.17) is 4.42 Å². The number of benzene rings is 1. The van der Waals surface area contributed by atoms with E-state index in [0.29, 0.717) is 17.8 Å². The number of carbonyl (C=O) groups excluding carboxylic acids is 1. The fraction of sp³-hybridized carbons (Fsp3) is 0.400. The monoisotopic (exact) mass is 339 g/mol. The van der Waals surface area contributed by atoms with Crippen LogP contribution in [0.15, 0.2) is 27.1 Å². The van der Waals surface area contributed by atoms with E-state index in [1.807, 2.05) is 32.0 Å². The van der Waals surface area contributed by atoms with Crippen LogP contribution in [0, 0.1) is 6.92 Å². The van der Waals surface area contributed by atoms with Gasteiger partial charge in [0.2, 0.25) is 0 Å². The number of aryl methyl sites for hydroxylation is 1. The van der Waals surface area contributed by atoms with Crippen LogP contribution >= 0.6 is 15.9 Å². The quantitative estimate of drug-likeness (QED) is 0.877. The Hall–Kier alpha value is -1.33. The van der Waals surface area contributed by atoms with Crippen molar-refractivity contribution >= 4 is 32.8 Å². The molecular weight excluding hydrogens is 322 g/mol. The lowest BCUT2D eigenvalue weighted by Crippen LogP contribution is -2.32. The molecule has 1 aromatic carbocycles. The number of nitrogens with one attached hydrogen (secondary N) is 1. The average molecular weight is 340 g/mol. The summed E-state index contributed by atoms with van der Waals surface area (Å²) in [5.41, 5.74) is 1.49. The Morgan fingerprint density at radius 2 is 2.25 bits per heavy atom. The van der Waals surface area contributed by atoms with Crippen molar-refractivity contribution < 1.29 is 14.3 Å². The molecule has 2 rings (SSSR count). The van der Waals surface area contributed by atoms with Crippen molar-refractivity contribution in [2.45, 2.75) is 32.8 Å². The molecule has 0 saturated carbocycles. The van der Waals surface area contributed by atoms with E-state index >= 15 is 0 Å². The largest absolute Gasteiger partial charge is 0.451 e. The SMILES string of the molecule is CCCC(O)CNC(=O)c1oc2ccc(Br)cc2c1C. The van der Waals surface area contributed by atoms with Crippen LogP contribution in [0.25, 0.3) is 11.0 Å². The van der Waals surface area contributed by atoms with Crippen LogP contribution in [0.2, 0.25) is 0 Å². The molecule has 1 heterocycles. The predicted octanol–water partition coefficient (Wildman–Crippen LogP) is 3.39. The van der Waals surface area contributed by atoms with Crippen LogP contribution in [0.1, 0.15) is 35.9 Å². The highest BCUT2D eigenvalue weighted by atomic mass is 79.9. The molecule has 0 aliphatic carbocycles. The summed E-state index contributed by atoms with van der Waals surface area (Å²) in [6.45, 7) is 4.09. The van der Waals surface area contributed by atoms with Crippen LogP contribution in [-0.4, -0.2) is 23.7 Å². The Kier molecular flexibility index (Phi) is 4.83. The highest BCUT2D eigenvalue weighted by Crippen LogP contribution is 2.27. The summed E-state index contributed by atoms with van der Waals surface area (Å²) < 4.78 is 6.54. The molecule has 1 unspecified atom stereocenters. The van der Waals surface area contributed by atoms with Crippen molar-refractivity contribution in [2.75, 3.05) is 6.54 Å². The summed E-state index contributed by atoms with van der Waals surface area (Å²) in [6.07, 6.45) is 1.05. The van der Waals surface area contributed by atoms with Gasteiger partial charge in [-0.2, -0.15) is 0 Å². The summed E-state index contributed by atoms with van der Waals surface area (Å²) >= 11 is 3.40. The number of amides is 1. The second-order valence-corrected chi connectivity index (χ2v) is 5.76. The highest BCUT2D eigenvalue weighted by Gasteiger charge is 2.18. The number of carbonyl (C=O) groups is 1. The highest BCUT2D eigenvalue weighted by molar-refractivity contribution is 9.10. The van der Waals surface area contributed by atoms with Crippen LogP contribution in [-0.2, 0) is 0 Å². The third-order valence-corrected chi connectivity index (χ3v) is 3.72. The van der Waals surface area contributed by atoms with Crippen molar-refractivity contribution in [2.24, 2.45) is 0 Å². The lowest BCUT2D eigenvalue weighted by molar-refractivity contribution is 0.0884. The first kappa shape index (κ1) is 15.1. The van der Waals surface area contributed by atoms with Gasteiger partial charge in [0.15, 0.2) is 5.76 Å². The molecule has 20 heavy (non-hydrogen) atoms. The molecular formula is C15H18BrNO3. The molecule has 1 atom stereocenters. The Labute approximate surface area is 126 Å². The first-order valence-electron chi connectivity index (χ1n) is 6.67. The molecule has 0 radical (unpaired) electrons. The maximum absolute atomic E-state index is 12.1. The smallest absolute Gasteiger partial charge is 0.287 e. The molecule has 5 heteroatoms. The third kappa shape index (κ3) is 3.22. The number of furan rings is 1. The minimum absolute atomic E-state index is 0.243. The Bertz CT molecular complexity index is 621. The van der Waals surface area contributed by atoms with Crippen LogP contribution in [0.5, 0.6) is 0 Å². The Morgan fingerprint density at radius 1 is 1.50 bits per heavy atom. The van der Waals surface area contributed by atoms with E-state index in [1.165, 1.54) is 0 Å². The second-order valence-electron chi connectivity index (χ2n) is 4.85. The van der Waals surface area contributed by atoms with E-state index in [2.05, 4.69) is 21.2 Å². The van der Waals surface area contributed by atoms with Gasteiger partial charge in [-0.25, -0.2) is 0 Å². The van der Waals surface area contributed by atoms with Gasteiger partial charge in [-0.1, -0.05) is 29.3 Å². The van der Waals surface area contributed by atoms with E-state index < -0.39 is 6.10 Å². The van der Waals surface area contributed by atoms with E-state index in [9.17, 15) is 9.90 Å². The fourth-order valence-electron chi connectivity index (χ4n) is 2.14. The van der Waals surface area contributed by atoms with E-state index in [-0.39, 0.29) is 12.5 Å². The zero-order valence-corrected chi connectivity index (χ0v) is 13.2. The number of hydrogen-bond acceptors (Lipinski definition) is 3. The molecule has 0 spiro atoms. The van der Waals surface area contributed by atoms with Gasteiger partial charge in [-0.05, 0) is 31.5 Å². The maximum atomic E-state index is 12.1. The molecule has 2 N–H and O–H groups in total. The van der Waals surface area contributed by atoms with Gasteiger partial charge in [-0.15, -0.1) is 0 Å². The van der Waals surface area contributed by atoms with Crippen molar-refractivity contribution in [3.8, 4) is 0 Å². The van der Waals surface area contributed by atoms with Crippen molar-refractivity contribution in [1.29, 1.82) is 0 Å². The van der Waals surface area contributed by atoms with Gasteiger partial charge in [-0.3, -0.25) is 4.79 Å². The summed E-state index contributed by atoms with van der Waals surface area (Å²) in [6, 6.07) is 5.63. The lowest BCUT2D eigenvalue weighted by Gasteiger charge is -2.09. The van der Waals surface area contributed by atoms with Gasteiger partial charge < -0.3 is 14.8 Å².